The third-order valence-corrected chi connectivity index (χ3v) is 3.80. The number of nitrogen functional groups attached to an aromatic ring is 1. The van der Waals surface area contributed by atoms with Crippen molar-refractivity contribution in [3.05, 3.63) is 29.3 Å². The first-order chi connectivity index (χ1) is 9.43. The Hall–Kier alpha value is -2.41. The topological polar surface area (TPSA) is 104 Å². The van der Waals surface area contributed by atoms with Crippen molar-refractivity contribution in [2.45, 2.75) is 18.7 Å². The molecular weight excluding hydrogens is 262 g/mol. The summed E-state index contributed by atoms with van der Waals surface area (Å²) in [5, 5.41) is 9.67. The Morgan fingerprint density at radius 2 is 1.95 bits per heavy atom. The second kappa shape index (κ2) is 4.04. The minimum atomic E-state index is -0.992. The molecule has 1 fully saturated rings. The van der Waals surface area contributed by atoms with Gasteiger partial charge >= 0.3 is 0 Å². The van der Waals surface area contributed by atoms with Crippen LogP contribution in [0.2, 0.25) is 0 Å². The van der Waals surface area contributed by atoms with Gasteiger partial charge in [0.05, 0.1) is 11.1 Å². The number of aliphatic hydroxyl groups excluding tert-OH is 1. The number of fused-ring (bicyclic) bond motifs is 1. The number of likely N-dealkylation sites (N-methyl/N-ethyl adjacent to an activating group) is 1. The summed E-state index contributed by atoms with van der Waals surface area (Å²) in [5.41, 5.74) is 6.28. The fourth-order valence-electron chi connectivity index (χ4n) is 2.67. The van der Waals surface area contributed by atoms with Gasteiger partial charge in [0.2, 0.25) is 5.91 Å². The molecule has 1 aromatic rings. The zero-order valence-corrected chi connectivity index (χ0v) is 10.7. The van der Waals surface area contributed by atoms with E-state index in [9.17, 15) is 19.5 Å². The third-order valence-electron chi connectivity index (χ3n) is 3.80. The van der Waals surface area contributed by atoms with Gasteiger partial charge in [0.1, 0.15) is 12.3 Å². The minimum Gasteiger partial charge on any atom is -0.398 e. The Morgan fingerprint density at radius 3 is 2.50 bits per heavy atom. The van der Waals surface area contributed by atoms with E-state index < -0.39 is 30.0 Å². The molecule has 0 saturated carbocycles. The summed E-state index contributed by atoms with van der Waals surface area (Å²) >= 11 is 0. The summed E-state index contributed by atoms with van der Waals surface area (Å²) in [6.07, 6.45) is -0.977. The number of hydrogen-bond donors (Lipinski definition) is 2. The number of nitrogens with zero attached hydrogens (tertiary/aromatic N) is 2. The molecule has 0 aliphatic carbocycles. The minimum absolute atomic E-state index is 0.0146. The lowest BCUT2D eigenvalue weighted by atomic mass is 10.1. The lowest BCUT2D eigenvalue weighted by Gasteiger charge is -2.19. The first kappa shape index (κ1) is 12.6. The second-order valence-electron chi connectivity index (χ2n) is 4.93. The van der Waals surface area contributed by atoms with Crippen LogP contribution in [0.1, 0.15) is 27.1 Å². The van der Waals surface area contributed by atoms with Crippen LogP contribution in [-0.4, -0.2) is 51.9 Å². The number of amides is 3. The number of hydrogen-bond acceptors (Lipinski definition) is 5. The van der Waals surface area contributed by atoms with Crippen LogP contribution in [0.15, 0.2) is 18.2 Å². The lowest BCUT2D eigenvalue weighted by Crippen LogP contribution is -2.44. The number of imide groups is 1. The van der Waals surface area contributed by atoms with Gasteiger partial charge in [-0.3, -0.25) is 19.3 Å². The molecule has 1 aromatic carbocycles. The molecule has 1 saturated heterocycles. The molecule has 7 nitrogen and oxygen atoms in total. The van der Waals surface area contributed by atoms with Gasteiger partial charge in [-0.2, -0.15) is 0 Å². The molecule has 0 radical (unpaired) electrons. The van der Waals surface area contributed by atoms with E-state index in [4.69, 9.17) is 5.73 Å². The van der Waals surface area contributed by atoms with Crippen LogP contribution in [-0.2, 0) is 4.79 Å². The maximum absolute atomic E-state index is 12.3. The first-order valence-corrected chi connectivity index (χ1v) is 6.14. The van der Waals surface area contributed by atoms with Gasteiger partial charge in [0.25, 0.3) is 11.8 Å². The number of rotatable bonds is 1. The fourth-order valence-corrected chi connectivity index (χ4v) is 2.67. The van der Waals surface area contributed by atoms with Crippen LogP contribution in [0.25, 0.3) is 0 Å². The standard InChI is InChI=1S/C13H13N3O4/c1-15-9(17)5-8(12(15)19)16-11(18)6-3-2-4-7(14)10(6)13(16)20/h2-4,8-9,17H,5,14H2,1H3. The van der Waals surface area contributed by atoms with Crippen molar-refractivity contribution in [1.29, 1.82) is 0 Å². The number of carbonyl (C=O) groups is 3. The smallest absolute Gasteiger partial charge is 0.264 e. The van der Waals surface area contributed by atoms with Crippen LogP contribution in [0.5, 0.6) is 0 Å². The van der Waals surface area contributed by atoms with Gasteiger partial charge in [0.15, 0.2) is 0 Å². The third kappa shape index (κ3) is 1.47. The molecule has 20 heavy (non-hydrogen) atoms. The lowest BCUT2D eigenvalue weighted by molar-refractivity contribution is -0.133. The molecule has 2 unspecified atom stereocenters. The van der Waals surface area contributed by atoms with Crippen LogP contribution >= 0.6 is 0 Å². The van der Waals surface area contributed by atoms with E-state index in [1.54, 1.807) is 6.07 Å². The van der Waals surface area contributed by atoms with Gasteiger partial charge in [0, 0.05) is 19.2 Å². The van der Waals surface area contributed by atoms with Gasteiger partial charge < -0.3 is 15.7 Å². The van der Waals surface area contributed by atoms with E-state index in [0.29, 0.717) is 0 Å². The molecular formula is C13H13N3O4. The summed E-state index contributed by atoms with van der Waals surface area (Å²) < 4.78 is 0. The summed E-state index contributed by atoms with van der Waals surface area (Å²) in [6.45, 7) is 0. The zero-order chi connectivity index (χ0) is 14.6. The molecule has 3 rings (SSSR count). The first-order valence-electron chi connectivity index (χ1n) is 6.14. The average molecular weight is 275 g/mol. The van der Waals surface area contributed by atoms with Crippen molar-refractivity contribution in [3.8, 4) is 0 Å². The van der Waals surface area contributed by atoms with Crippen molar-refractivity contribution < 1.29 is 19.5 Å². The SMILES string of the molecule is CN1C(=O)C(N2C(=O)c3cccc(N)c3C2=O)CC1O. The van der Waals surface area contributed by atoms with Crippen molar-refractivity contribution in [3.63, 3.8) is 0 Å². The van der Waals surface area contributed by atoms with E-state index in [2.05, 4.69) is 0 Å². The Kier molecular flexibility index (Phi) is 2.55. The summed E-state index contributed by atoms with van der Waals surface area (Å²) in [7, 11) is 1.43. The molecule has 104 valence electrons. The van der Waals surface area contributed by atoms with Crippen LogP contribution in [0.3, 0.4) is 0 Å². The second-order valence-corrected chi connectivity index (χ2v) is 4.93. The molecule has 3 amide bonds. The molecule has 0 bridgehead atoms. The predicted molar refractivity (Wildman–Crippen MR) is 68.5 cm³/mol. The Labute approximate surface area is 114 Å². The van der Waals surface area contributed by atoms with Crippen molar-refractivity contribution in [2.24, 2.45) is 0 Å². The van der Waals surface area contributed by atoms with Gasteiger partial charge in [-0.25, -0.2) is 0 Å². The maximum atomic E-state index is 12.3. The van der Waals surface area contributed by atoms with E-state index >= 15 is 0 Å². The summed E-state index contributed by atoms with van der Waals surface area (Å²) in [5.74, 6) is -1.58. The number of carbonyl (C=O) groups excluding carboxylic acids is 3. The molecule has 2 aliphatic heterocycles. The van der Waals surface area contributed by atoms with Gasteiger partial charge in [-0.15, -0.1) is 0 Å². The molecule has 2 atom stereocenters. The highest BCUT2D eigenvalue weighted by Crippen LogP contribution is 2.32. The zero-order valence-electron chi connectivity index (χ0n) is 10.7. The summed E-state index contributed by atoms with van der Waals surface area (Å²) in [6, 6.07) is 3.65. The number of benzene rings is 1. The van der Waals surface area contributed by atoms with E-state index in [1.807, 2.05) is 0 Å². The Morgan fingerprint density at radius 1 is 1.25 bits per heavy atom. The monoisotopic (exact) mass is 275 g/mol. The molecule has 7 heteroatoms. The highest BCUT2D eigenvalue weighted by atomic mass is 16.3. The maximum Gasteiger partial charge on any atom is 0.264 e. The van der Waals surface area contributed by atoms with E-state index in [0.717, 1.165) is 9.80 Å². The van der Waals surface area contributed by atoms with Crippen molar-refractivity contribution >= 4 is 23.4 Å². The Bertz CT molecular complexity index is 643. The van der Waals surface area contributed by atoms with E-state index in [-0.39, 0.29) is 23.2 Å². The number of nitrogens with two attached hydrogens (primary N) is 1. The van der Waals surface area contributed by atoms with E-state index in [1.165, 1.54) is 19.2 Å². The van der Waals surface area contributed by atoms with Crippen LogP contribution in [0, 0.1) is 0 Å². The number of likely N-dealkylation sites (tertiary alicyclic amines) is 1. The van der Waals surface area contributed by atoms with Gasteiger partial charge in [-0.05, 0) is 12.1 Å². The quantitative estimate of drug-likeness (QED) is 0.527. The summed E-state index contributed by atoms with van der Waals surface area (Å²) in [4.78, 5) is 38.7. The molecule has 2 heterocycles. The molecule has 0 spiro atoms. The number of aliphatic hydroxyl groups is 1. The predicted octanol–water partition coefficient (Wildman–Crippen LogP) is -0.586. The largest absolute Gasteiger partial charge is 0.398 e. The van der Waals surface area contributed by atoms with Gasteiger partial charge in [-0.1, -0.05) is 6.07 Å². The average Bonchev–Trinajstić information content (AvgIpc) is 2.81. The highest BCUT2D eigenvalue weighted by Gasteiger charge is 2.49. The molecule has 2 aliphatic rings. The molecule has 0 aromatic heterocycles. The fraction of sp³-hybridized carbons (Fsp3) is 0.308. The van der Waals surface area contributed by atoms with Crippen molar-refractivity contribution in [1.82, 2.24) is 9.80 Å². The number of anilines is 1. The Balaban J connectivity index is 2.03. The normalized spacial score (nSPS) is 25.6. The van der Waals surface area contributed by atoms with Crippen LogP contribution < -0.4 is 5.73 Å². The highest BCUT2D eigenvalue weighted by molar-refractivity contribution is 6.25. The molecule has 3 N–H and O–H groups in total. The van der Waals surface area contributed by atoms with Crippen molar-refractivity contribution in [2.75, 3.05) is 12.8 Å². The van der Waals surface area contributed by atoms with Crippen LogP contribution in [0.4, 0.5) is 5.69 Å².